The number of sulfone groups is 1. The molecule has 0 radical (unpaired) electrons. The van der Waals surface area contributed by atoms with E-state index in [4.69, 9.17) is 0 Å². The van der Waals surface area contributed by atoms with E-state index in [-0.39, 0.29) is 11.6 Å². The average molecular weight is 405 g/mol. The third kappa shape index (κ3) is 3.74. The van der Waals surface area contributed by atoms with E-state index in [1.165, 1.54) is 12.1 Å². The molecule has 0 unspecified atom stereocenters. The average Bonchev–Trinajstić information content (AvgIpc) is 2.72. The number of benzene rings is 2. The molecule has 0 bridgehead atoms. The van der Waals surface area contributed by atoms with Gasteiger partial charge in [0.15, 0.2) is 9.84 Å². The van der Waals surface area contributed by atoms with Crippen LogP contribution in [-0.4, -0.2) is 25.4 Å². The molecule has 0 spiro atoms. The van der Waals surface area contributed by atoms with Gasteiger partial charge >= 0.3 is 0 Å². The van der Waals surface area contributed by atoms with Crippen LogP contribution >= 0.6 is 0 Å². The first-order chi connectivity index (χ1) is 13.2. The van der Waals surface area contributed by atoms with Crippen LogP contribution in [0.15, 0.2) is 47.4 Å². The first kappa shape index (κ1) is 21.0. The summed E-state index contributed by atoms with van der Waals surface area (Å²) in [7, 11) is -3.56. The molecule has 28 heavy (non-hydrogen) atoms. The van der Waals surface area contributed by atoms with Crippen molar-refractivity contribution in [3.63, 3.8) is 0 Å². The molecule has 0 saturated heterocycles. The van der Waals surface area contributed by atoms with E-state index in [0.29, 0.717) is 23.3 Å². The van der Waals surface area contributed by atoms with Crippen molar-refractivity contribution >= 4 is 9.84 Å². The number of halogens is 1. The highest BCUT2D eigenvalue weighted by molar-refractivity contribution is 7.91. The molecule has 0 fully saturated rings. The quantitative estimate of drug-likeness (QED) is 0.763. The van der Waals surface area contributed by atoms with Gasteiger partial charge in [0, 0.05) is 11.3 Å². The lowest BCUT2D eigenvalue weighted by molar-refractivity contribution is 0.0174. The molecule has 0 aliphatic carbocycles. The Morgan fingerprint density at radius 2 is 1.82 bits per heavy atom. The van der Waals surface area contributed by atoms with Crippen LogP contribution < -0.4 is 0 Å². The molecule has 3 atom stereocenters. The second-order valence-corrected chi connectivity index (χ2v) is 10.1. The Kier molecular flexibility index (Phi) is 5.97. The minimum absolute atomic E-state index is 0.0641. The summed E-state index contributed by atoms with van der Waals surface area (Å²) in [6.45, 7) is 5.93. The SMILES string of the molecule is CCCC[C@]1(CC)CS(=O)(=O)c2ccc(C)cc2[C@H](c2ccc(F)cc2)[C@@H]1O. The van der Waals surface area contributed by atoms with Crippen molar-refractivity contribution in [1.82, 2.24) is 0 Å². The lowest BCUT2D eigenvalue weighted by Crippen LogP contribution is -2.42. The number of aliphatic hydroxyl groups is 1. The maximum atomic E-state index is 13.5. The van der Waals surface area contributed by atoms with Gasteiger partial charge in [0.25, 0.3) is 0 Å². The number of rotatable bonds is 5. The molecule has 2 aromatic carbocycles. The van der Waals surface area contributed by atoms with Crippen LogP contribution in [0.25, 0.3) is 0 Å². The van der Waals surface area contributed by atoms with E-state index in [1.807, 2.05) is 19.9 Å². The van der Waals surface area contributed by atoms with Crippen LogP contribution in [0.1, 0.15) is 62.1 Å². The van der Waals surface area contributed by atoms with Crippen molar-refractivity contribution in [3.8, 4) is 0 Å². The molecule has 3 nitrogen and oxygen atoms in total. The molecule has 1 aliphatic heterocycles. The Morgan fingerprint density at radius 1 is 1.14 bits per heavy atom. The number of hydrogen-bond donors (Lipinski definition) is 1. The van der Waals surface area contributed by atoms with E-state index in [0.717, 1.165) is 24.0 Å². The fourth-order valence-electron chi connectivity index (χ4n) is 4.53. The molecule has 0 aromatic heterocycles. The fraction of sp³-hybridized carbons (Fsp3) is 0.478. The molecule has 2 aromatic rings. The van der Waals surface area contributed by atoms with Gasteiger partial charge in [0.1, 0.15) is 5.82 Å². The van der Waals surface area contributed by atoms with Crippen molar-refractivity contribution in [2.45, 2.75) is 63.4 Å². The predicted molar refractivity (Wildman–Crippen MR) is 110 cm³/mol. The minimum atomic E-state index is -3.56. The monoisotopic (exact) mass is 404 g/mol. The summed E-state index contributed by atoms with van der Waals surface area (Å²) in [6, 6.07) is 11.4. The highest BCUT2D eigenvalue weighted by Gasteiger charge is 2.48. The zero-order chi connectivity index (χ0) is 20.5. The maximum Gasteiger partial charge on any atom is 0.179 e. The minimum Gasteiger partial charge on any atom is -0.392 e. The number of aryl methyl sites for hydroxylation is 1. The molecule has 5 heteroatoms. The van der Waals surface area contributed by atoms with Crippen molar-refractivity contribution in [1.29, 1.82) is 0 Å². The zero-order valence-corrected chi connectivity index (χ0v) is 17.6. The van der Waals surface area contributed by atoms with Crippen LogP contribution in [0.5, 0.6) is 0 Å². The third-order valence-corrected chi connectivity index (χ3v) is 8.21. The fourth-order valence-corrected chi connectivity index (χ4v) is 6.78. The molecule has 0 amide bonds. The van der Waals surface area contributed by atoms with Gasteiger partial charge in [-0.1, -0.05) is 56.5 Å². The van der Waals surface area contributed by atoms with Crippen molar-refractivity contribution < 1.29 is 17.9 Å². The molecule has 1 aliphatic rings. The molecule has 0 saturated carbocycles. The van der Waals surface area contributed by atoms with E-state index in [2.05, 4.69) is 6.92 Å². The van der Waals surface area contributed by atoms with Gasteiger partial charge in [0.2, 0.25) is 0 Å². The standard InChI is InChI=1S/C23H29FO3S/c1-4-6-13-23(5-2)15-28(26,27)20-12-7-16(3)14-19(20)21(22(23)25)17-8-10-18(24)11-9-17/h7-12,14,21-22,25H,4-6,13,15H2,1-3H3/t21-,22-,23+/m0/s1. The number of unbranched alkanes of at least 4 members (excludes halogenated alkanes) is 1. The van der Waals surface area contributed by atoms with Crippen LogP contribution in [0.4, 0.5) is 4.39 Å². The first-order valence-corrected chi connectivity index (χ1v) is 11.7. The normalized spacial score (nSPS) is 26.5. The Morgan fingerprint density at radius 3 is 2.43 bits per heavy atom. The van der Waals surface area contributed by atoms with Gasteiger partial charge in [-0.05, 0) is 49.1 Å². The molecule has 3 rings (SSSR count). The summed E-state index contributed by atoms with van der Waals surface area (Å²) in [5.74, 6) is -0.924. The van der Waals surface area contributed by atoms with Gasteiger partial charge in [-0.2, -0.15) is 0 Å². The topological polar surface area (TPSA) is 54.4 Å². The summed E-state index contributed by atoms with van der Waals surface area (Å²) >= 11 is 0. The van der Waals surface area contributed by atoms with Crippen LogP contribution in [0.2, 0.25) is 0 Å². The lowest BCUT2D eigenvalue weighted by Gasteiger charge is -2.39. The summed E-state index contributed by atoms with van der Waals surface area (Å²) in [6.07, 6.45) is 2.13. The van der Waals surface area contributed by atoms with E-state index < -0.39 is 27.3 Å². The number of aliphatic hydroxyl groups excluding tert-OH is 1. The molecule has 1 N–H and O–H groups in total. The van der Waals surface area contributed by atoms with Gasteiger partial charge in [-0.3, -0.25) is 0 Å². The number of fused-ring (bicyclic) bond motifs is 1. The lowest BCUT2D eigenvalue weighted by atomic mass is 9.69. The summed E-state index contributed by atoms with van der Waals surface area (Å²) in [5, 5.41) is 11.6. The summed E-state index contributed by atoms with van der Waals surface area (Å²) in [5.41, 5.74) is 1.56. The predicted octanol–water partition coefficient (Wildman–Crippen LogP) is 5.00. The van der Waals surface area contributed by atoms with Gasteiger partial charge in [-0.25, -0.2) is 12.8 Å². The Balaban J connectivity index is 2.28. The van der Waals surface area contributed by atoms with E-state index in [9.17, 15) is 17.9 Å². The molecular formula is C23H29FO3S. The van der Waals surface area contributed by atoms with Crippen LogP contribution in [-0.2, 0) is 9.84 Å². The van der Waals surface area contributed by atoms with Gasteiger partial charge < -0.3 is 5.11 Å². The van der Waals surface area contributed by atoms with E-state index in [1.54, 1.807) is 24.3 Å². The smallest absolute Gasteiger partial charge is 0.179 e. The first-order valence-electron chi connectivity index (χ1n) is 10.0. The highest BCUT2D eigenvalue weighted by Crippen LogP contribution is 2.48. The molecule has 1 heterocycles. The van der Waals surface area contributed by atoms with Crippen molar-refractivity contribution in [2.24, 2.45) is 5.41 Å². The maximum absolute atomic E-state index is 13.5. The third-order valence-electron chi connectivity index (χ3n) is 6.22. The Hall–Kier alpha value is -1.72. The van der Waals surface area contributed by atoms with Crippen LogP contribution in [0, 0.1) is 18.2 Å². The highest BCUT2D eigenvalue weighted by atomic mass is 32.2. The number of hydrogen-bond acceptors (Lipinski definition) is 3. The molecule has 152 valence electrons. The van der Waals surface area contributed by atoms with Gasteiger partial charge in [-0.15, -0.1) is 0 Å². The van der Waals surface area contributed by atoms with Crippen molar-refractivity contribution in [2.75, 3.05) is 5.75 Å². The zero-order valence-electron chi connectivity index (χ0n) is 16.8. The Labute approximate surface area is 167 Å². The second-order valence-electron chi connectivity index (χ2n) is 8.09. The largest absolute Gasteiger partial charge is 0.392 e. The summed E-state index contributed by atoms with van der Waals surface area (Å²) in [4.78, 5) is 0.290. The van der Waals surface area contributed by atoms with E-state index >= 15 is 0 Å². The second kappa shape index (κ2) is 7.96. The Bertz CT molecular complexity index is 937. The van der Waals surface area contributed by atoms with Crippen molar-refractivity contribution in [3.05, 3.63) is 65.0 Å². The van der Waals surface area contributed by atoms with Crippen LogP contribution in [0.3, 0.4) is 0 Å². The molecular weight excluding hydrogens is 375 g/mol. The van der Waals surface area contributed by atoms with Gasteiger partial charge in [0.05, 0.1) is 16.8 Å². The summed E-state index contributed by atoms with van der Waals surface area (Å²) < 4.78 is 40.2.